The first-order chi connectivity index (χ1) is 16.6. The van der Waals surface area contributed by atoms with Crippen LogP contribution in [0.5, 0.6) is 0 Å². The quantitative estimate of drug-likeness (QED) is 0.373. The zero-order valence-corrected chi connectivity index (χ0v) is 17.8. The van der Waals surface area contributed by atoms with Crippen LogP contribution in [-0.4, -0.2) is 46.5 Å². The van der Waals surface area contributed by atoms with Crippen LogP contribution in [0.4, 0.5) is 0 Å². The van der Waals surface area contributed by atoms with Crippen LogP contribution < -0.4 is 0 Å². The fourth-order valence-electron chi connectivity index (χ4n) is 4.01. The molecule has 0 saturated carbocycles. The third kappa shape index (κ3) is 3.58. The molecule has 0 spiro atoms. The molecule has 0 fully saturated rings. The number of fused-ring (bicyclic) bond motifs is 3. The molecule has 0 bridgehead atoms. The van der Waals surface area contributed by atoms with Gasteiger partial charge in [-0.05, 0) is 23.6 Å². The largest absolute Gasteiger partial charge is 0.342 e. The number of Topliss-reactive ketones (excluding diaryl/α,β-unsaturated/α-hetero) is 2. The number of pyridine rings is 1. The number of nitrogens with zero attached hydrogens (tertiary/aromatic N) is 5. The van der Waals surface area contributed by atoms with Crippen molar-refractivity contribution in [2.45, 2.75) is 12.8 Å². The lowest BCUT2D eigenvalue weighted by Crippen LogP contribution is -2.07. The van der Waals surface area contributed by atoms with Gasteiger partial charge in [0.15, 0.2) is 17.2 Å². The highest BCUT2D eigenvalue weighted by atomic mass is 16.1. The van der Waals surface area contributed by atoms with Crippen LogP contribution in [-0.2, 0) is 12.8 Å². The van der Waals surface area contributed by atoms with Crippen LogP contribution in [0.25, 0.3) is 33.0 Å². The highest BCUT2D eigenvalue weighted by molar-refractivity contribution is 6.07. The minimum absolute atomic E-state index is 0.0515. The van der Waals surface area contributed by atoms with Gasteiger partial charge in [0.05, 0.1) is 30.1 Å². The molecule has 0 amide bonds. The van der Waals surface area contributed by atoms with Crippen molar-refractivity contribution in [3.05, 3.63) is 90.2 Å². The molecule has 2 N–H and O–H groups in total. The first-order valence-electron chi connectivity index (χ1n) is 10.7. The standard InChI is InChI=1S/C25H17N7O2/c33-20(9-23-30-19-12-26-13-28-25(19)32-23)16-6-3-7-17-24(16)31-22(29-17)10-21(34)18-8-14-4-1-2-5-15(14)11-27-18/h1-8,11-13H,9-10H2,(H,29,31)(H,26,28,30,32). The summed E-state index contributed by atoms with van der Waals surface area (Å²) in [5, 5.41) is 1.93. The molecule has 0 atom stereocenters. The number of carbonyl (C=O) groups excluding carboxylic acids is 2. The number of aromatic amines is 2. The zero-order chi connectivity index (χ0) is 23.1. The predicted molar refractivity (Wildman–Crippen MR) is 126 cm³/mol. The molecule has 2 aromatic carbocycles. The monoisotopic (exact) mass is 447 g/mol. The van der Waals surface area contributed by atoms with E-state index < -0.39 is 0 Å². The van der Waals surface area contributed by atoms with E-state index in [2.05, 4.69) is 34.9 Å². The Morgan fingerprint density at radius 3 is 2.44 bits per heavy atom. The summed E-state index contributed by atoms with van der Waals surface area (Å²) >= 11 is 0. The summed E-state index contributed by atoms with van der Waals surface area (Å²) in [6.45, 7) is 0. The van der Waals surface area contributed by atoms with Crippen LogP contribution in [0.15, 0.2) is 67.3 Å². The molecule has 4 aromatic heterocycles. The third-order valence-electron chi connectivity index (χ3n) is 5.65. The van der Waals surface area contributed by atoms with Crippen LogP contribution in [0.2, 0.25) is 0 Å². The number of para-hydroxylation sites is 1. The Balaban J connectivity index is 1.26. The second-order valence-electron chi connectivity index (χ2n) is 7.95. The van der Waals surface area contributed by atoms with Crippen molar-refractivity contribution in [1.82, 2.24) is 34.9 Å². The maximum atomic E-state index is 13.1. The molecule has 0 aliphatic rings. The number of aromatic nitrogens is 7. The molecule has 6 aromatic rings. The van der Waals surface area contributed by atoms with Gasteiger partial charge in [-0.3, -0.25) is 14.6 Å². The van der Waals surface area contributed by atoms with E-state index in [0.29, 0.717) is 45.1 Å². The lowest BCUT2D eigenvalue weighted by molar-refractivity contribution is 0.0981. The Kier molecular flexibility index (Phi) is 4.65. The fourth-order valence-corrected chi connectivity index (χ4v) is 4.01. The molecular formula is C25H17N7O2. The average Bonchev–Trinajstić information content (AvgIpc) is 3.46. The number of rotatable bonds is 6. The van der Waals surface area contributed by atoms with E-state index in [1.54, 1.807) is 30.6 Å². The van der Waals surface area contributed by atoms with E-state index in [9.17, 15) is 9.59 Å². The molecule has 0 aliphatic carbocycles. The van der Waals surface area contributed by atoms with E-state index in [1.807, 2.05) is 30.3 Å². The number of ketones is 2. The molecular weight excluding hydrogens is 430 g/mol. The maximum Gasteiger partial charge on any atom is 0.188 e. The number of nitrogens with one attached hydrogen (secondary N) is 2. The molecule has 6 rings (SSSR count). The third-order valence-corrected chi connectivity index (χ3v) is 5.65. The van der Waals surface area contributed by atoms with Gasteiger partial charge < -0.3 is 9.97 Å². The van der Waals surface area contributed by atoms with Crippen molar-refractivity contribution in [2.75, 3.05) is 0 Å². The molecule has 9 nitrogen and oxygen atoms in total. The first kappa shape index (κ1) is 19.9. The predicted octanol–water partition coefficient (Wildman–Crippen LogP) is 3.63. The van der Waals surface area contributed by atoms with Crippen LogP contribution in [0, 0.1) is 0 Å². The number of hydrogen-bond acceptors (Lipinski definition) is 7. The Morgan fingerprint density at radius 1 is 0.765 bits per heavy atom. The van der Waals surface area contributed by atoms with Crippen LogP contribution >= 0.6 is 0 Å². The number of imidazole rings is 2. The molecule has 0 unspecified atom stereocenters. The van der Waals surface area contributed by atoms with Gasteiger partial charge in [-0.15, -0.1) is 0 Å². The Hall–Kier alpha value is -4.79. The van der Waals surface area contributed by atoms with E-state index >= 15 is 0 Å². The van der Waals surface area contributed by atoms with Crippen molar-refractivity contribution in [1.29, 1.82) is 0 Å². The number of hydrogen-bond donors (Lipinski definition) is 2. The van der Waals surface area contributed by atoms with Crippen LogP contribution in [0.3, 0.4) is 0 Å². The molecule has 164 valence electrons. The molecule has 0 radical (unpaired) electrons. The fraction of sp³-hybridized carbons (Fsp3) is 0.0800. The smallest absolute Gasteiger partial charge is 0.188 e. The number of carbonyl (C=O) groups is 2. The average molecular weight is 447 g/mol. The van der Waals surface area contributed by atoms with Gasteiger partial charge in [0.2, 0.25) is 0 Å². The van der Waals surface area contributed by atoms with Crippen molar-refractivity contribution in [3.63, 3.8) is 0 Å². The lowest BCUT2D eigenvalue weighted by atomic mass is 10.1. The minimum atomic E-state index is -0.152. The van der Waals surface area contributed by atoms with Gasteiger partial charge in [-0.1, -0.05) is 30.3 Å². The SMILES string of the molecule is O=C(Cc1nc2c(C(=O)Cc3nc4ncncc4[nH]3)cccc2[nH]1)c1cc2ccccc2cn1. The van der Waals surface area contributed by atoms with Crippen molar-refractivity contribution in [3.8, 4) is 0 Å². The Morgan fingerprint density at radius 2 is 1.56 bits per heavy atom. The van der Waals surface area contributed by atoms with Gasteiger partial charge in [0.1, 0.15) is 29.2 Å². The van der Waals surface area contributed by atoms with E-state index in [4.69, 9.17) is 0 Å². The summed E-state index contributed by atoms with van der Waals surface area (Å²) < 4.78 is 0. The van der Waals surface area contributed by atoms with E-state index in [1.165, 1.54) is 6.33 Å². The highest BCUT2D eigenvalue weighted by Crippen LogP contribution is 2.20. The van der Waals surface area contributed by atoms with Gasteiger partial charge in [-0.2, -0.15) is 0 Å². The lowest BCUT2D eigenvalue weighted by Gasteiger charge is -2.01. The van der Waals surface area contributed by atoms with Gasteiger partial charge >= 0.3 is 0 Å². The minimum Gasteiger partial charge on any atom is -0.342 e. The van der Waals surface area contributed by atoms with Crippen molar-refractivity contribution < 1.29 is 9.59 Å². The van der Waals surface area contributed by atoms with E-state index in [-0.39, 0.29) is 24.4 Å². The summed E-state index contributed by atoms with van der Waals surface area (Å²) in [5.41, 5.74) is 3.24. The normalized spacial score (nSPS) is 11.4. The first-order valence-corrected chi connectivity index (χ1v) is 10.7. The van der Waals surface area contributed by atoms with E-state index in [0.717, 1.165) is 10.8 Å². The summed E-state index contributed by atoms with van der Waals surface area (Å²) in [6, 6.07) is 14.9. The zero-order valence-electron chi connectivity index (χ0n) is 17.8. The van der Waals surface area contributed by atoms with Gasteiger partial charge in [-0.25, -0.2) is 19.9 Å². The summed E-state index contributed by atoms with van der Waals surface area (Å²) in [6.07, 6.45) is 4.84. The topological polar surface area (TPSA) is 130 Å². The van der Waals surface area contributed by atoms with Crippen LogP contribution in [0.1, 0.15) is 32.5 Å². The Bertz CT molecular complexity index is 1680. The second kappa shape index (κ2) is 7.96. The molecule has 0 saturated heterocycles. The molecule has 34 heavy (non-hydrogen) atoms. The highest BCUT2D eigenvalue weighted by Gasteiger charge is 2.18. The summed E-state index contributed by atoms with van der Waals surface area (Å²) in [7, 11) is 0. The van der Waals surface area contributed by atoms with Crippen molar-refractivity contribution >= 4 is 44.5 Å². The second-order valence-corrected chi connectivity index (χ2v) is 7.95. The number of H-pyrrole nitrogens is 2. The molecule has 9 heteroatoms. The molecule has 4 heterocycles. The van der Waals surface area contributed by atoms with Gasteiger partial charge in [0, 0.05) is 17.1 Å². The maximum absolute atomic E-state index is 13.1. The van der Waals surface area contributed by atoms with Gasteiger partial charge in [0.25, 0.3) is 0 Å². The van der Waals surface area contributed by atoms with Crippen molar-refractivity contribution in [2.24, 2.45) is 0 Å². The molecule has 0 aliphatic heterocycles. The Labute approximate surface area is 192 Å². The summed E-state index contributed by atoms with van der Waals surface area (Å²) in [5.74, 6) is 0.694. The summed E-state index contributed by atoms with van der Waals surface area (Å²) in [4.78, 5) is 53.4. The number of benzene rings is 2.